The molecular formula is C21H20N4O7S. The van der Waals surface area contributed by atoms with E-state index < -0.39 is 44.4 Å². The van der Waals surface area contributed by atoms with Gasteiger partial charge >= 0.3 is 0 Å². The minimum Gasteiger partial charge on any atom is -0.324 e. The number of fused-ring (bicyclic) bond motifs is 1. The zero-order valence-electron chi connectivity index (χ0n) is 17.6. The first kappa shape index (κ1) is 22.6. The van der Waals surface area contributed by atoms with Crippen molar-refractivity contribution in [2.24, 2.45) is 0 Å². The van der Waals surface area contributed by atoms with E-state index in [-0.39, 0.29) is 21.7 Å². The monoisotopic (exact) mass is 472 g/mol. The van der Waals surface area contributed by atoms with Crippen molar-refractivity contribution in [3.05, 3.63) is 63.7 Å². The first-order valence-electron chi connectivity index (χ1n) is 10.2. The summed E-state index contributed by atoms with van der Waals surface area (Å²) in [5.41, 5.74) is -0.709. The van der Waals surface area contributed by atoms with Crippen LogP contribution in [-0.2, 0) is 14.8 Å². The molecule has 3 amide bonds. The average Bonchev–Trinajstić information content (AvgIpc) is 3.42. The van der Waals surface area contributed by atoms with Gasteiger partial charge in [0.25, 0.3) is 17.5 Å². The molecule has 2 aliphatic heterocycles. The lowest BCUT2D eigenvalue weighted by Gasteiger charge is -2.21. The fourth-order valence-electron chi connectivity index (χ4n) is 3.94. The molecule has 1 unspecified atom stereocenters. The van der Waals surface area contributed by atoms with Gasteiger partial charge in [-0.1, -0.05) is 6.07 Å². The largest absolute Gasteiger partial charge is 0.324 e. The van der Waals surface area contributed by atoms with Crippen molar-refractivity contribution < 1.29 is 27.7 Å². The molecule has 1 N–H and O–H groups in total. The lowest BCUT2D eigenvalue weighted by molar-refractivity contribution is -0.385. The Bertz CT molecular complexity index is 1270. The Labute approximate surface area is 189 Å². The molecule has 33 heavy (non-hydrogen) atoms. The van der Waals surface area contributed by atoms with Crippen molar-refractivity contribution >= 4 is 39.1 Å². The van der Waals surface area contributed by atoms with Crippen LogP contribution in [-0.4, -0.2) is 59.4 Å². The number of rotatable bonds is 6. The molecule has 1 atom stereocenters. The van der Waals surface area contributed by atoms with E-state index in [1.54, 1.807) is 0 Å². The van der Waals surface area contributed by atoms with Crippen molar-refractivity contribution in [1.82, 2.24) is 9.21 Å². The van der Waals surface area contributed by atoms with Crippen molar-refractivity contribution in [3.8, 4) is 0 Å². The van der Waals surface area contributed by atoms with Crippen LogP contribution in [0.15, 0.2) is 47.4 Å². The number of nitro benzene ring substituents is 1. The number of benzene rings is 2. The Kier molecular flexibility index (Phi) is 5.72. The third kappa shape index (κ3) is 3.87. The molecule has 1 fully saturated rings. The average molecular weight is 472 g/mol. The second-order valence-corrected chi connectivity index (χ2v) is 9.68. The molecule has 172 valence electrons. The lowest BCUT2D eigenvalue weighted by Crippen LogP contribution is -2.45. The maximum atomic E-state index is 12.8. The van der Waals surface area contributed by atoms with Crippen LogP contribution < -0.4 is 5.32 Å². The Hall–Kier alpha value is -3.64. The van der Waals surface area contributed by atoms with Gasteiger partial charge < -0.3 is 5.32 Å². The fraction of sp³-hybridized carbons (Fsp3) is 0.286. The van der Waals surface area contributed by atoms with Gasteiger partial charge in [0.15, 0.2) is 0 Å². The number of nitro groups is 1. The summed E-state index contributed by atoms with van der Waals surface area (Å²) in [5, 5.41) is 13.8. The normalized spacial score (nSPS) is 17.2. The second kappa shape index (κ2) is 8.37. The van der Waals surface area contributed by atoms with Gasteiger partial charge in [0.1, 0.15) is 11.6 Å². The highest BCUT2D eigenvalue weighted by Crippen LogP contribution is 2.32. The van der Waals surface area contributed by atoms with E-state index in [4.69, 9.17) is 0 Å². The molecule has 2 aromatic carbocycles. The zero-order chi connectivity index (χ0) is 23.9. The number of hydrogen-bond acceptors (Lipinski definition) is 7. The van der Waals surface area contributed by atoms with Crippen LogP contribution in [0.25, 0.3) is 0 Å². The molecule has 0 aromatic heterocycles. The maximum Gasteiger partial charge on any atom is 0.282 e. The smallest absolute Gasteiger partial charge is 0.282 e. The number of nitrogens with one attached hydrogen (secondary N) is 1. The fourth-order valence-corrected chi connectivity index (χ4v) is 5.46. The molecular weight excluding hydrogens is 452 g/mol. The van der Waals surface area contributed by atoms with E-state index in [0.29, 0.717) is 18.0 Å². The molecule has 4 rings (SSSR count). The summed E-state index contributed by atoms with van der Waals surface area (Å²) >= 11 is 0. The lowest BCUT2D eigenvalue weighted by atomic mass is 10.1. The van der Waals surface area contributed by atoms with Crippen LogP contribution in [0.4, 0.5) is 11.4 Å². The second-order valence-electron chi connectivity index (χ2n) is 7.74. The Balaban J connectivity index is 1.50. The molecule has 12 heteroatoms. The number of anilines is 1. The van der Waals surface area contributed by atoms with Gasteiger partial charge in [0.05, 0.1) is 15.4 Å². The van der Waals surface area contributed by atoms with Gasteiger partial charge in [0.2, 0.25) is 15.9 Å². The third-order valence-corrected chi connectivity index (χ3v) is 7.63. The SMILES string of the molecule is CC(C(=O)Nc1ccc(S(=O)(=O)N2CCCC2)cc1)N1C(=O)c2cccc([N+](=O)[O-])c2C1=O. The summed E-state index contributed by atoms with van der Waals surface area (Å²) in [6.45, 7) is 2.27. The molecule has 2 heterocycles. The minimum atomic E-state index is -3.60. The Morgan fingerprint density at radius 1 is 1.06 bits per heavy atom. The van der Waals surface area contributed by atoms with Gasteiger partial charge in [0, 0.05) is 24.8 Å². The number of hydrogen-bond donors (Lipinski definition) is 1. The molecule has 1 saturated heterocycles. The van der Waals surface area contributed by atoms with Gasteiger partial charge in [-0.25, -0.2) is 8.42 Å². The summed E-state index contributed by atoms with van der Waals surface area (Å²) in [5.74, 6) is -2.42. The first-order chi connectivity index (χ1) is 15.6. The summed E-state index contributed by atoms with van der Waals surface area (Å²) in [6, 6.07) is 8.04. The summed E-state index contributed by atoms with van der Waals surface area (Å²) in [7, 11) is -3.60. The number of imide groups is 1. The summed E-state index contributed by atoms with van der Waals surface area (Å²) in [4.78, 5) is 49.5. The van der Waals surface area contributed by atoms with E-state index in [1.807, 2.05) is 0 Å². The highest BCUT2D eigenvalue weighted by Gasteiger charge is 2.44. The maximum absolute atomic E-state index is 12.8. The quantitative estimate of drug-likeness (QED) is 0.384. The van der Waals surface area contributed by atoms with Crippen LogP contribution >= 0.6 is 0 Å². The number of carbonyl (C=O) groups excluding carboxylic acids is 3. The third-order valence-electron chi connectivity index (χ3n) is 5.71. The predicted octanol–water partition coefficient (Wildman–Crippen LogP) is 2.00. The van der Waals surface area contributed by atoms with E-state index >= 15 is 0 Å². The number of sulfonamides is 1. The van der Waals surface area contributed by atoms with Crippen LogP contribution in [0.2, 0.25) is 0 Å². The Morgan fingerprint density at radius 2 is 1.70 bits per heavy atom. The standard InChI is InChI=1S/C21H20N4O7S/c1-13(24-20(27)16-5-4-6-17(25(29)30)18(16)21(24)28)19(26)22-14-7-9-15(10-8-14)33(31,32)23-11-2-3-12-23/h4-10,13H,2-3,11-12H2,1H3,(H,22,26). The Morgan fingerprint density at radius 3 is 2.30 bits per heavy atom. The number of carbonyl (C=O) groups is 3. The minimum absolute atomic E-state index is 0.100. The van der Waals surface area contributed by atoms with Crippen molar-refractivity contribution in [2.45, 2.75) is 30.7 Å². The molecule has 0 aliphatic carbocycles. The van der Waals surface area contributed by atoms with E-state index in [9.17, 15) is 32.9 Å². The van der Waals surface area contributed by atoms with Crippen molar-refractivity contribution in [2.75, 3.05) is 18.4 Å². The van der Waals surface area contributed by atoms with Crippen LogP contribution in [0.3, 0.4) is 0 Å². The zero-order valence-corrected chi connectivity index (χ0v) is 18.4. The van der Waals surface area contributed by atoms with Crippen molar-refractivity contribution in [1.29, 1.82) is 0 Å². The summed E-state index contributed by atoms with van der Waals surface area (Å²) in [6.07, 6.45) is 1.62. The van der Waals surface area contributed by atoms with E-state index in [2.05, 4.69) is 5.32 Å². The van der Waals surface area contributed by atoms with Gasteiger partial charge in [-0.15, -0.1) is 0 Å². The molecule has 0 saturated carbocycles. The van der Waals surface area contributed by atoms with E-state index in [1.165, 1.54) is 47.6 Å². The predicted molar refractivity (Wildman–Crippen MR) is 116 cm³/mol. The topological polar surface area (TPSA) is 147 Å². The highest BCUT2D eigenvalue weighted by atomic mass is 32.2. The van der Waals surface area contributed by atoms with Crippen LogP contribution in [0.5, 0.6) is 0 Å². The molecule has 11 nitrogen and oxygen atoms in total. The molecule has 0 spiro atoms. The molecule has 2 aromatic rings. The van der Waals surface area contributed by atoms with Gasteiger partial charge in [-0.2, -0.15) is 4.31 Å². The van der Waals surface area contributed by atoms with Crippen LogP contribution in [0.1, 0.15) is 40.5 Å². The number of amides is 3. The van der Waals surface area contributed by atoms with Gasteiger partial charge in [-0.3, -0.25) is 29.4 Å². The van der Waals surface area contributed by atoms with Gasteiger partial charge in [-0.05, 0) is 50.1 Å². The van der Waals surface area contributed by atoms with Crippen LogP contribution in [0, 0.1) is 10.1 Å². The number of nitrogens with zero attached hydrogens (tertiary/aromatic N) is 3. The highest BCUT2D eigenvalue weighted by molar-refractivity contribution is 7.89. The molecule has 0 bridgehead atoms. The summed E-state index contributed by atoms with van der Waals surface area (Å²) < 4.78 is 26.6. The molecule has 0 radical (unpaired) electrons. The molecule has 2 aliphatic rings. The van der Waals surface area contributed by atoms with Crippen molar-refractivity contribution in [3.63, 3.8) is 0 Å². The van der Waals surface area contributed by atoms with E-state index in [0.717, 1.165) is 18.9 Å². The first-order valence-corrected chi connectivity index (χ1v) is 11.6.